The summed E-state index contributed by atoms with van der Waals surface area (Å²) in [6.07, 6.45) is 0. The maximum atomic E-state index is 12.7. The van der Waals surface area contributed by atoms with Gasteiger partial charge in [-0.1, -0.05) is 33.3 Å². The van der Waals surface area contributed by atoms with Crippen molar-refractivity contribution in [2.75, 3.05) is 26.2 Å². The van der Waals surface area contributed by atoms with E-state index in [1.54, 1.807) is 41.5 Å². The summed E-state index contributed by atoms with van der Waals surface area (Å²) in [5.74, 6) is -0.173. The maximum absolute atomic E-state index is 12.7. The van der Waals surface area contributed by atoms with Crippen LogP contribution in [0, 0.1) is 6.92 Å². The molecule has 0 saturated carbocycles. The summed E-state index contributed by atoms with van der Waals surface area (Å²) in [5.41, 5.74) is 0.754. The number of amides is 1. The summed E-state index contributed by atoms with van der Waals surface area (Å²) in [4.78, 5) is 25.9. The van der Waals surface area contributed by atoms with E-state index in [0.29, 0.717) is 17.6 Å². The summed E-state index contributed by atoms with van der Waals surface area (Å²) in [6, 6.07) is 6.57. The van der Waals surface area contributed by atoms with Crippen molar-refractivity contribution in [3.05, 3.63) is 49.5 Å². The zero-order valence-electron chi connectivity index (χ0n) is 14.1. The first-order valence-corrected chi connectivity index (χ1v) is 11.1. The zero-order valence-corrected chi connectivity index (χ0v) is 17.3. The highest BCUT2D eigenvalue weighted by Gasteiger charge is 2.30. The van der Waals surface area contributed by atoms with Crippen LogP contribution in [0.2, 0.25) is 0 Å². The van der Waals surface area contributed by atoms with Crippen molar-refractivity contribution in [1.82, 2.24) is 13.8 Å². The average molecular weight is 460 g/mol. The molecule has 0 atom stereocenters. The number of carbonyl (C=O) groups is 1. The van der Waals surface area contributed by atoms with Crippen molar-refractivity contribution in [3.8, 4) is 0 Å². The second-order valence-corrected chi connectivity index (χ2v) is 9.65. The maximum Gasteiger partial charge on any atom is 0.307 e. The van der Waals surface area contributed by atoms with Gasteiger partial charge in [-0.2, -0.15) is 4.31 Å². The Morgan fingerprint density at radius 1 is 1.23 bits per heavy atom. The van der Waals surface area contributed by atoms with Gasteiger partial charge in [-0.3, -0.25) is 14.2 Å². The summed E-state index contributed by atoms with van der Waals surface area (Å²) < 4.78 is 29.0. The molecule has 1 saturated heterocycles. The molecule has 0 unspecified atom stereocenters. The molecule has 1 amide bonds. The van der Waals surface area contributed by atoms with Gasteiger partial charge in [0.25, 0.3) is 0 Å². The number of thiazole rings is 1. The number of nitrogens with zero attached hydrogens (tertiary/aromatic N) is 3. The van der Waals surface area contributed by atoms with Crippen LogP contribution < -0.4 is 4.87 Å². The molecule has 0 aliphatic carbocycles. The van der Waals surface area contributed by atoms with Crippen LogP contribution in [0.3, 0.4) is 0 Å². The molecule has 26 heavy (non-hydrogen) atoms. The van der Waals surface area contributed by atoms with Crippen LogP contribution in [-0.4, -0.2) is 54.3 Å². The Morgan fingerprint density at radius 2 is 1.92 bits per heavy atom. The first kappa shape index (κ1) is 19.3. The number of benzene rings is 1. The van der Waals surface area contributed by atoms with E-state index in [1.807, 2.05) is 0 Å². The van der Waals surface area contributed by atoms with Crippen LogP contribution in [0.5, 0.6) is 0 Å². The number of aryl methyl sites for hydroxylation is 1. The summed E-state index contributed by atoms with van der Waals surface area (Å²) in [6.45, 7) is 2.87. The third kappa shape index (κ3) is 3.93. The van der Waals surface area contributed by atoms with Crippen molar-refractivity contribution in [2.45, 2.75) is 18.4 Å². The van der Waals surface area contributed by atoms with Gasteiger partial charge in [0.2, 0.25) is 15.9 Å². The van der Waals surface area contributed by atoms with E-state index in [-0.39, 0.29) is 35.3 Å². The molecule has 10 heteroatoms. The molecule has 0 bridgehead atoms. The van der Waals surface area contributed by atoms with Crippen molar-refractivity contribution < 1.29 is 13.2 Å². The van der Waals surface area contributed by atoms with Crippen LogP contribution >= 0.6 is 27.3 Å². The van der Waals surface area contributed by atoms with Gasteiger partial charge in [-0.15, -0.1) is 0 Å². The normalized spacial score (nSPS) is 16.0. The second-order valence-electron chi connectivity index (χ2n) is 5.97. The minimum atomic E-state index is -3.59. The fourth-order valence-electron chi connectivity index (χ4n) is 2.79. The third-order valence-corrected chi connectivity index (χ3v) is 7.56. The first-order valence-electron chi connectivity index (χ1n) is 7.97. The smallest absolute Gasteiger partial charge is 0.307 e. The van der Waals surface area contributed by atoms with E-state index in [4.69, 9.17) is 0 Å². The number of rotatable bonds is 4. The lowest BCUT2D eigenvalue weighted by atomic mass is 10.3. The summed E-state index contributed by atoms with van der Waals surface area (Å²) in [7, 11) is -3.59. The Morgan fingerprint density at radius 3 is 2.50 bits per heavy atom. The highest BCUT2D eigenvalue weighted by Crippen LogP contribution is 2.21. The lowest BCUT2D eigenvalue weighted by molar-refractivity contribution is -0.133. The van der Waals surface area contributed by atoms with Gasteiger partial charge in [-0.25, -0.2) is 8.42 Å². The van der Waals surface area contributed by atoms with Crippen molar-refractivity contribution in [2.24, 2.45) is 0 Å². The van der Waals surface area contributed by atoms with Crippen LogP contribution in [0.15, 0.2) is 43.8 Å². The standard InChI is InChI=1S/C16H18BrN3O4S2/c1-12-11-25-16(22)20(12)10-15(21)18-5-7-19(8-6-18)26(23,24)14-4-2-3-13(17)9-14/h2-4,9,11H,5-8,10H2,1H3. The first-order chi connectivity index (χ1) is 12.3. The number of hydrogen-bond donors (Lipinski definition) is 0. The van der Waals surface area contributed by atoms with Crippen LogP contribution in [0.4, 0.5) is 0 Å². The lowest BCUT2D eigenvalue weighted by Gasteiger charge is -2.34. The van der Waals surface area contributed by atoms with Crippen LogP contribution in [0.1, 0.15) is 5.69 Å². The third-order valence-electron chi connectivity index (χ3n) is 4.30. The van der Waals surface area contributed by atoms with E-state index >= 15 is 0 Å². The van der Waals surface area contributed by atoms with Crippen LogP contribution in [-0.2, 0) is 21.4 Å². The fraction of sp³-hybridized carbons (Fsp3) is 0.375. The number of piperazine rings is 1. The molecular formula is C16H18BrN3O4S2. The van der Waals surface area contributed by atoms with Gasteiger partial charge in [0, 0.05) is 41.7 Å². The second kappa shape index (κ2) is 7.63. The van der Waals surface area contributed by atoms with E-state index < -0.39 is 10.0 Å². The number of sulfonamides is 1. The highest BCUT2D eigenvalue weighted by molar-refractivity contribution is 9.10. The predicted octanol–water partition coefficient (Wildman–Crippen LogP) is 1.51. The van der Waals surface area contributed by atoms with Crippen molar-refractivity contribution >= 4 is 43.2 Å². The molecule has 3 rings (SSSR count). The minimum Gasteiger partial charge on any atom is -0.338 e. The number of hydrogen-bond acceptors (Lipinski definition) is 5. The predicted molar refractivity (Wildman–Crippen MR) is 103 cm³/mol. The minimum absolute atomic E-state index is 0.00739. The summed E-state index contributed by atoms with van der Waals surface area (Å²) >= 11 is 4.35. The Hall–Kier alpha value is -1.49. The largest absolute Gasteiger partial charge is 0.338 e. The Bertz CT molecular complexity index is 975. The van der Waals surface area contributed by atoms with E-state index in [0.717, 1.165) is 17.0 Å². The number of halogens is 1. The Balaban J connectivity index is 1.65. The molecule has 1 fully saturated rings. The molecule has 1 aromatic carbocycles. The zero-order chi connectivity index (χ0) is 18.9. The van der Waals surface area contributed by atoms with Crippen LogP contribution in [0.25, 0.3) is 0 Å². The molecule has 1 aliphatic heterocycles. The highest BCUT2D eigenvalue weighted by atomic mass is 79.9. The SMILES string of the molecule is Cc1csc(=O)n1CC(=O)N1CCN(S(=O)(=O)c2cccc(Br)c2)CC1. The van der Waals surface area contributed by atoms with E-state index in [9.17, 15) is 18.0 Å². The summed E-state index contributed by atoms with van der Waals surface area (Å²) in [5, 5.41) is 1.72. The quantitative estimate of drug-likeness (QED) is 0.693. The Labute approximate surface area is 164 Å². The van der Waals surface area contributed by atoms with Gasteiger partial charge in [0.15, 0.2) is 0 Å². The molecule has 0 radical (unpaired) electrons. The van der Waals surface area contributed by atoms with E-state index in [2.05, 4.69) is 15.9 Å². The van der Waals surface area contributed by atoms with Gasteiger partial charge < -0.3 is 4.90 Å². The molecule has 2 heterocycles. The number of carbonyl (C=O) groups excluding carboxylic acids is 1. The molecule has 1 aliphatic rings. The van der Waals surface area contributed by atoms with Crippen molar-refractivity contribution in [3.63, 3.8) is 0 Å². The molecule has 1 aromatic heterocycles. The molecule has 0 N–H and O–H groups in total. The Kier molecular flexibility index (Phi) is 5.66. The van der Waals surface area contributed by atoms with Gasteiger partial charge in [0.1, 0.15) is 6.54 Å². The van der Waals surface area contributed by atoms with E-state index in [1.165, 1.54) is 8.87 Å². The topological polar surface area (TPSA) is 79.7 Å². The monoisotopic (exact) mass is 459 g/mol. The van der Waals surface area contributed by atoms with Gasteiger partial charge in [-0.05, 0) is 25.1 Å². The molecule has 2 aromatic rings. The lowest BCUT2D eigenvalue weighted by Crippen LogP contribution is -2.51. The van der Waals surface area contributed by atoms with Gasteiger partial charge in [0.05, 0.1) is 4.90 Å². The average Bonchev–Trinajstić information content (AvgIpc) is 2.94. The number of aromatic nitrogens is 1. The molecule has 140 valence electrons. The molecular weight excluding hydrogens is 442 g/mol. The van der Waals surface area contributed by atoms with Gasteiger partial charge >= 0.3 is 4.87 Å². The molecule has 7 nitrogen and oxygen atoms in total. The van der Waals surface area contributed by atoms with Crippen molar-refractivity contribution in [1.29, 1.82) is 0 Å². The fourth-order valence-corrected chi connectivity index (χ4v) is 5.54. The molecule has 0 spiro atoms.